The van der Waals surface area contributed by atoms with E-state index in [-0.39, 0.29) is 11.9 Å². The van der Waals surface area contributed by atoms with Gasteiger partial charge in [0.05, 0.1) is 22.4 Å². The summed E-state index contributed by atoms with van der Waals surface area (Å²) in [7, 11) is 0. The van der Waals surface area contributed by atoms with Gasteiger partial charge in [0.2, 0.25) is 0 Å². The first-order chi connectivity index (χ1) is 10.7. The Balaban J connectivity index is 1.62. The summed E-state index contributed by atoms with van der Waals surface area (Å²) < 4.78 is 0.986. The van der Waals surface area contributed by atoms with Gasteiger partial charge in [0.15, 0.2) is 5.01 Å². The van der Waals surface area contributed by atoms with E-state index in [0.29, 0.717) is 11.4 Å². The minimum absolute atomic E-state index is 0.234. The number of para-hydroxylation sites is 1. The lowest BCUT2D eigenvalue weighted by Gasteiger charge is -2.17. The van der Waals surface area contributed by atoms with Gasteiger partial charge in [-0.1, -0.05) is 36.4 Å². The first kappa shape index (κ1) is 13.4. The second-order valence-electron chi connectivity index (χ2n) is 5.41. The van der Waals surface area contributed by atoms with E-state index < -0.39 is 6.10 Å². The normalized spacial score (nSPS) is 20.0. The molecule has 0 fully saturated rings. The van der Waals surface area contributed by atoms with Gasteiger partial charge >= 0.3 is 0 Å². The van der Waals surface area contributed by atoms with Crippen LogP contribution in [0.25, 0.3) is 10.2 Å². The molecule has 0 bridgehead atoms. The Morgan fingerprint density at radius 2 is 1.95 bits per heavy atom. The van der Waals surface area contributed by atoms with Crippen molar-refractivity contribution in [3.05, 3.63) is 64.7 Å². The summed E-state index contributed by atoms with van der Waals surface area (Å²) in [5.41, 5.74) is 2.90. The Morgan fingerprint density at radius 3 is 2.82 bits per heavy atom. The van der Waals surface area contributed by atoms with Crippen molar-refractivity contribution in [1.82, 2.24) is 10.3 Å². The van der Waals surface area contributed by atoms with Crippen LogP contribution in [-0.4, -0.2) is 22.1 Å². The topological polar surface area (TPSA) is 62.2 Å². The maximum Gasteiger partial charge on any atom is 0.280 e. The fourth-order valence-electron chi connectivity index (χ4n) is 2.92. The number of hydrogen-bond donors (Lipinski definition) is 2. The summed E-state index contributed by atoms with van der Waals surface area (Å²) in [5.74, 6) is -0.234. The third kappa shape index (κ3) is 2.19. The van der Waals surface area contributed by atoms with Crippen LogP contribution in [0.15, 0.2) is 48.5 Å². The lowest BCUT2D eigenvalue weighted by Crippen LogP contribution is -2.33. The predicted octanol–water partition coefficient (Wildman–Crippen LogP) is 2.68. The zero-order chi connectivity index (χ0) is 15.1. The van der Waals surface area contributed by atoms with Crippen molar-refractivity contribution in [2.75, 3.05) is 0 Å². The predicted molar refractivity (Wildman–Crippen MR) is 86.0 cm³/mol. The number of thiazole rings is 1. The number of aromatic nitrogens is 1. The molecule has 2 aromatic carbocycles. The van der Waals surface area contributed by atoms with Crippen molar-refractivity contribution < 1.29 is 9.90 Å². The molecule has 2 N–H and O–H groups in total. The molecular weight excluding hydrogens is 296 g/mol. The molecule has 0 aliphatic heterocycles. The van der Waals surface area contributed by atoms with Gasteiger partial charge in [0.1, 0.15) is 0 Å². The van der Waals surface area contributed by atoms with E-state index in [1.54, 1.807) is 0 Å². The van der Waals surface area contributed by atoms with Crippen LogP contribution in [0.5, 0.6) is 0 Å². The minimum atomic E-state index is -0.587. The van der Waals surface area contributed by atoms with Crippen molar-refractivity contribution in [2.45, 2.75) is 18.6 Å². The Hall–Kier alpha value is -2.24. The average Bonchev–Trinajstić information content (AvgIpc) is 3.09. The molecule has 1 heterocycles. The molecule has 110 valence electrons. The zero-order valence-electron chi connectivity index (χ0n) is 11.7. The number of rotatable bonds is 2. The number of aliphatic hydroxyl groups excluding tert-OH is 1. The van der Waals surface area contributed by atoms with Gasteiger partial charge in [0.25, 0.3) is 5.91 Å². The molecule has 5 heteroatoms. The van der Waals surface area contributed by atoms with Gasteiger partial charge in [-0.15, -0.1) is 11.3 Å². The molecule has 0 saturated heterocycles. The van der Waals surface area contributed by atoms with Crippen LogP contribution in [0.3, 0.4) is 0 Å². The molecule has 1 aliphatic carbocycles. The molecule has 22 heavy (non-hydrogen) atoms. The summed E-state index contributed by atoms with van der Waals surface area (Å²) >= 11 is 1.37. The standard InChI is InChI=1S/C17H14N2O2S/c20-13-9-10-5-1-2-6-11(10)15(13)19-16(21)17-18-12-7-3-4-8-14(12)22-17/h1-8,13,15,20H,9H2,(H,19,21). The average molecular weight is 310 g/mol. The molecule has 3 aromatic rings. The Morgan fingerprint density at radius 1 is 1.18 bits per heavy atom. The van der Waals surface area contributed by atoms with Crippen LogP contribution < -0.4 is 5.32 Å². The first-order valence-corrected chi connectivity index (χ1v) is 7.96. The van der Waals surface area contributed by atoms with Gasteiger partial charge in [0, 0.05) is 6.42 Å². The number of hydrogen-bond acceptors (Lipinski definition) is 4. The van der Waals surface area contributed by atoms with Gasteiger partial charge in [-0.2, -0.15) is 0 Å². The number of carbonyl (C=O) groups excluding carboxylic acids is 1. The third-order valence-corrected chi connectivity index (χ3v) is 5.01. The van der Waals surface area contributed by atoms with E-state index >= 15 is 0 Å². The summed E-state index contributed by atoms with van der Waals surface area (Å²) in [6.07, 6.45) is -0.0169. The maximum absolute atomic E-state index is 12.5. The number of nitrogens with zero attached hydrogens (tertiary/aromatic N) is 1. The second-order valence-corrected chi connectivity index (χ2v) is 6.44. The molecule has 1 aromatic heterocycles. The fraction of sp³-hybridized carbons (Fsp3) is 0.176. The Bertz CT molecular complexity index is 825. The van der Waals surface area contributed by atoms with Crippen LogP contribution in [0, 0.1) is 0 Å². The van der Waals surface area contributed by atoms with Crippen molar-refractivity contribution in [3.63, 3.8) is 0 Å². The van der Waals surface area contributed by atoms with E-state index in [4.69, 9.17) is 0 Å². The van der Waals surface area contributed by atoms with Gasteiger partial charge in [-0.05, 0) is 23.3 Å². The molecule has 2 unspecified atom stereocenters. The maximum atomic E-state index is 12.5. The smallest absolute Gasteiger partial charge is 0.280 e. The molecule has 0 spiro atoms. The van der Waals surface area contributed by atoms with Crippen molar-refractivity contribution in [2.24, 2.45) is 0 Å². The molecule has 4 rings (SSSR count). The molecule has 4 nitrogen and oxygen atoms in total. The van der Waals surface area contributed by atoms with Crippen LogP contribution in [-0.2, 0) is 6.42 Å². The lowest BCUT2D eigenvalue weighted by molar-refractivity contribution is 0.0858. The third-order valence-electron chi connectivity index (χ3n) is 3.98. The van der Waals surface area contributed by atoms with Gasteiger partial charge < -0.3 is 10.4 Å². The van der Waals surface area contributed by atoms with Crippen LogP contribution in [0.4, 0.5) is 0 Å². The summed E-state index contributed by atoms with van der Waals surface area (Å²) in [6, 6.07) is 15.1. The highest BCUT2D eigenvalue weighted by molar-refractivity contribution is 7.20. The number of carbonyl (C=O) groups is 1. The van der Waals surface area contributed by atoms with Crippen molar-refractivity contribution >= 4 is 27.5 Å². The molecular formula is C17H14N2O2S. The first-order valence-electron chi connectivity index (χ1n) is 7.14. The van der Waals surface area contributed by atoms with Gasteiger partial charge in [-0.25, -0.2) is 4.98 Å². The number of fused-ring (bicyclic) bond motifs is 2. The molecule has 1 aliphatic rings. The monoisotopic (exact) mass is 310 g/mol. The van der Waals surface area contributed by atoms with Crippen LogP contribution >= 0.6 is 11.3 Å². The summed E-state index contributed by atoms with van der Waals surface area (Å²) in [4.78, 5) is 16.8. The molecule has 1 amide bonds. The molecule has 2 atom stereocenters. The van der Waals surface area contributed by atoms with Crippen LogP contribution in [0.1, 0.15) is 27.0 Å². The Kier molecular flexibility index (Phi) is 3.17. The van der Waals surface area contributed by atoms with E-state index in [0.717, 1.165) is 21.3 Å². The van der Waals surface area contributed by atoms with E-state index in [1.807, 2.05) is 48.5 Å². The quantitative estimate of drug-likeness (QED) is 0.765. The number of aliphatic hydroxyl groups is 1. The highest BCUT2D eigenvalue weighted by Crippen LogP contribution is 2.32. The Labute approximate surface area is 131 Å². The molecule has 0 radical (unpaired) electrons. The zero-order valence-corrected chi connectivity index (χ0v) is 12.5. The van der Waals surface area contributed by atoms with E-state index in [2.05, 4.69) is 10.3 Å². The highest BCUT2D eigenvalue weighted by Gasteiger charge is 2.32. The van der Waals surface area contributed by atoms with E-state index in [1.165, 1.54) is 11.3 Å². The minimum Gasteiger partial charge on any atom is -0.390 e. The van der Waals surface area contributed by atoms with Gasteiger partial charge in [-0.3, -0.25) is 4.79 Å². The number of nitrogens with one attached hydrogen (secondary N) is 1. The fourth-order valence-corrected chi connectivity index (χ4v) is 3.79. The summed E-state index contributed by atoms with van der Waals surface area (Å²) in [5, 5.41) is 13.6. The second kappa shape index (κ2) is 5.19. The highest BCUT2D eigenvalue weighted by atomic mass is 32.1. The van der Waals surface area contributed by atoms with Crippen molar-refractivity contribution in [1.29, 1.82) is 0 Å². The van der Waals surface area contributed by atoms with Crippen molar-refractivity contribution in [3.8, 4) is 0 Å². The van der Waals surface area contributed by atoms with E-state index in [9.17, 15) is 9.90 Å². The SMILES string of the molecule is O=C(NC1c2ccccc2CC1O)c1nc2ccccc2s1. The lowest BCUT2D eigenvalue weighted by atomic mass is 10.1. The number of amides is 1. The van der Waals surface area contributed by atoms with Crippen LogP contribution in [0.2, 0.25) is 0 Å². The molecule has 0 saturated carbocycles. The largest absolute Gasteiger partial charge is 0.390 e. The summed E-state index contributed by atoms with van der Waals surface area (Å²) in [6.45, 7) is 0. The number of benzene rings is 2.